The molecule has 1 amide bonds. The fourth-order valence-electron chi connectivity index (χ4n) is 2.88. The maximum atomic E-state index is 12.0. The van der Waals surface area contributed by atoms with E-state index in [1.54, 1.807) is 22.7 Å². The lowest BCUT2D eigenvalue weighted by Gasteiger charge is -2.10. The molecule has 28 heavy (non-hydrogen) atoms. The first kappa shape index (κ1) is 19.5. The van der Waals surface area contributed by atoms with Crippen LogP contribution in [0.5, 0.6) is 0 Å². The summed E-state index contributed by atoms with van der Waals surface area (Å²) in [7, 11) is 0. The van der Waals surface area contributed by atoms with Gasteiger partial charge in [0.05, 0.1) is 27.3 Å². The minimum absolute atomic E-state index is 0.00901. The van der Waals surface area contributed by atoms with E-state index in [1.807, 2.05) is 25.1 Å². The Bertz CT molecular complexity index is 919. The number of carbonyl (C=O) groups excluding carboxylic acids is 1. The summed E-state index contributed by atoms with van der Waals surface area (Å²) in [6.07, 6.45) is 2.26. The highest BCUT2D eigenvalue weighted by Gasteiger charge is 2.17. The number of aromatic nitrogens is 3. The van der Waals surface area contributed by atoms with Crippen molar-refractivity contribution in [2.24, 2.45) is 0 Å². The van der Waals surface area contributed by atoms with E-state index in [1.165, 1.54) is 11.8 Å². The zero-order chi connectivity index (χ0) is 19.3. The highest BCUT2D eigenvalue weighted by molar-refractivity contribution is 7.99. The molecule has 3 aromatic rings. The molecule has 1 atom stereocenters. The zero-order valence-electron chi connectivity index (χ0n) is 15.4. The van der Waals surface area contributed by atoms with Gasteiger partial charge in [0.2, 0.25) is 5.91 Å². The standard InChI is InChI=1S/C19H20N4O2S3/c1-12-18(28-19(21-12)15-5-3-9-26-15)14-6-7-17(23-22-14)27-11-16(24)20-10-13-4-2-8-25-13/h3,5-7,9,13H,2,4,8,10-11H2,1H3,(H,20,24). The lowest BCUT2D eigenvalue weighted by molar-refractivity contribution is -0.119. The van der Waals surface area contributed by atoms with Gasteiger partial charge in [-0.25, -0.2) is 4.98 Å². The first-order chi connectivity index (χ1) is 13.7. The van der Waals surface area contributed by atoms with Gasteiger partial charge < -0.3 is 10.1 Å². The van der Waals surface area contributed by atoms with Gasteiger partial charge in [-0.05, 0) is 43.3 Å². The van der Waals surface area contributed by atoms with Crippen LogP contribution in [0.15, 0.2) is 34.7 Å². The summed E-state index contributed by atoms with van der Waals surface area (Å²) in [6.45, 7) is 3.37. The molecule has 0 saturated carbocycles. The molecule has 1 fully saturated rings. The van der Waals surface area contributed by atoms with E-state index in [9.17, 15) is 4.79 Å². The number of ether oxygens (including phenoxy) is 1. The van der Waals surface area contributed by atoms with Crippen molar-refractivity contribution in [1.82, 2.24) is 20.5 Å². The van der Waals surface area contributed by atoms with Gasteiger partial charge >= 0.3 is 0 Å². The number of hydrogen-bond acceptors (Lipinski definition) is 8. The molecule has 146 valence electrons. The number of carbonyl (C=O) groups is 1. The quantitative estimate of drug-likeness (QED) is 0.568. The molecular formula is C19H20N4O2S3. The number of thiophene rings is 1. The number of aryl methyl sites for hydroxylation is 1. The van der Waals surface area contributed by atoms with Gasteiger partial charge in [0.1, 0.15) is 15.7 Å². The van der Waals surface area contributed by atoms with Crippen LogP contribution in [0, 0.1) is 6.92 Å². The van der Waals surface area contributed by atoms with Crippen molar-refractivity contribution in [2.45, 2.75) is 30.9 Å². The van der Waals surface area contributed by atoms with Gasteiger partial charge in [0, 0.05) is 13.2 Å². The first-order valence-electron chi connectivity index (χ1n) is 9.05. The van der Waals surface area contributed by atoms with Gasteiger partial charge in [-0.2, -0.15) is 0 Å². The molecule has 3 aromatic heterocycles. The lowest BCUT2D eigenvalue weighted by atomic mass is 10.2. The molecule has 1 unspecified atom stereocenters. The van der Waals surface area contributed by atoms with Gasteiger partial charge in [-0.1, -0.05) is 17.8 Å². The Morgan fingerprint density at radius 3 is 3.00 bits per heavy atom. The van der Waals surface area contributed by atoms with Crippen LogP contribution >= 0.6 is 34.4 Å². The monoisotopic (exact) mass is 432 g/mol. The van der Waals surface area contributed by atoms with E-state index in [4.69, 9.17) is 4.74 Å². The summed E-state index contributed by atoms with van der Waals surface area (Å²) in [4.78, 5) is 18.8. The van der Waals surface area contributed by atoms with Crippen molar-refractivity contribution >= 4 is 40.3 Å². The number of rotatable bonds is 7. The number of amides is 1. The molecule has 1 aliphatic rings. The fraction of sp³-hybridized carbons (Fsp3) is 0.368. The minimum atomic E-state index is -0.00901. The largest absolute Gasteiger partial charge is 0.376 e. The van der Waals surface area contributed by atoms with Crippen LogP contribution in [-0.4, -0.2) is 46.1 Å². The van der Waals surface area contributed by atoms with Crippen molar-refractivity contribution in [2.75, 3.05) is 18.9 Å². The molecule has 0 aliphatic carbocycles. The Labute approximate surface area is 175 Å². The Hall–Kier alpha value is -1.81. The summed E-state index contributed by atoms with van der Waals surface area (Å²) in [5.74, 6) is 0.313. The van der Waals surface area contributed by atoms with Crippen molar-refractivity contribution in [3.05, 3.63) is 35.3 Å². The van der Waals surface area contributed by atoms with Crippen molar-refractivity contribution in [1.29, 1.82) is 0 Å². The Kier molecular flexibility index (Phi) is 6.36. The van der Waals surface area contributed by atoms with E-state index in [0.29, 0.717) is 12.3 Å². The molecule has 6 nitrogen and oxygen atoms in total. The van der Waals surface area contributed by atoms with Gasteiger partial charge in [-0.15, -0.1) is 32.9 Å². The third-order valence-electron chi connectivity index (χ3n) is 4.30. The smallest absolute Gasteiger partial charge is 0.230 e. The third kappa shape index (κ3) is 4.78. The molecular weight excluding hydrogens is 412 g/mol. The highest BCUT2D eigenvalue weighted by atomic mass is 32.2. The topological polar surface area (TPSA) is 77.0 Å². The predicted octanol–water partition coefficient (Wildman–Crippen LogP) is 4.02. The molecule has 0 spiro atoms. The Balaban J connectivity index is 1.33. The number of nitrogens with one attached hydrogen (secondary N) is 1. The minimum Gasteiger partial charge on any atom is -0.376 e. The van der Waals surface area contributed by atoms with E-state index in [-0.39, 0.29) is 12.0 Å². The summed E-state index contributed by atoms with van der Waals surface area (Å²) in [5.41, 5.74) is 1.77. The summed E-state index contributed by atoms with van der Waals surface area (Å²) in [6, 6.07) is 7.95. The zero-order valence-corrected chi connectivity index (χ0v) is 17.8. The summed E-state index contributed by atoms with van der Waals surface area (Å²) < 4.78 is 5.51. The Morgan fingerprint density at radius 2 is 2.29 bits per heavy atom. The van der Waals surface area contributed by atoms with E-state index in [0.717, 1.165) is 50.6 Å². The van der Waals surface area contributed by atoms with Crippen LogP contribution in [0.2, 0.25) is 0 Å². The number of thioether (sulfide) groups is 1. The second-order valence-electron chi connectivity index (χ2n) is 6.40. The maximum Gasteiger partial charge on any atom is 0.230 e. The molecule has 4 heterocycles. The maximum absolute atomic E-state index is 12.0. The van der Waals surface area contributed by atoms with Crippen LogP contribution < -0.4 is 5.32 Å². The van der Waals surface area contributed by atoms with E-state index >= 15 is 0 Å². The second kappa shape index (κ2) is 9.13. The summed E-state index contributed by atoms with van der Waals surface area (Å²) in [5, 5.41) is 15.3. The van der Waals surface area contributed by atoms with E-state index in [2.05, 4.69) is 31.9 Å². The van der Waals surface area contributed by atoms with Crippen LogP contribution in [0.1, 0.15) is 18.5 Å². The molecule has 0 bridgehead atoms. The summed E-state index contributed by atoms with van der Waals surface area (Å²) >= 11 is 4.69. The fourth-order valence-corrected chi connectivity index (χ4v) is 5.35. The van der Waals surface area contributed by atoms with E-state index < -0.39 is 0 Å². The van der Waals surface area contributed by atoms with Crippen LogP contribution in [0.4, 0.5) is 0 Å². The third-order valence-corrected chi connectivity index (χ3v) is 7.44. The number of thiazole rings is 1. The SMILES string of the molecule is Cc1nc(-c2cccs2)sc1-c1ccc(SCC(=O)NCC2CCCO2)nn1. The molecule has 0 aromatic carbocycles. The molecule has 1 aliphatic heterocycles. The highest BCUT2D eigenvalue weighted by Crippen LogP contribution is 2.36. The van der Waals surface area contributed by atoms with Gasteiger partial charge in [0.15, 0.2) is 0 Å². The molecule has 1 saturated heterocycles. The molecule has 0 radical (unpaired) electrons. The molecule has 1 N–H and O–H groups in total. The van der Waals surface area contributed by atoms with Gasteiger partial charge in [-0.3, -0.25) is 4.79 Å². The first-order valence-corrected chi connectivity index (χ1v) is 11.7. The average molecular weight is 433 g/mol. The normalized spacial score (nSPS) is 16.4. The molecule has 9 heteroatoms. The van der Waals surface area contributed by atoms with Crippen molar-refractivity contribution < 1.29 is 9.53 Å². The van der Waals surface area contributed by atoms with Crippen LogP contribution in [0.25, 0.3) is 20.5 Å². The Morgan fingerprint density at radius 1 is 1.36 bits per heavy atom. The molecule has 4 rings (SSSR count). The number of nitrogens with zero attached hydrogens (tertiary/aromatic N) is 3. The van der Waals surface area contributed by atoms with Crippen molar-refractivity contribution in [3.63, 3.8) is 0 Å². The van der Waals surface area contributed by atoms with Crippen LogP contribution in [-0.2, 0) is 9.53 Å². The predicted molar refractivity (Wildman–Crippen MR) is 114 cm³/mol. The van der Waals surface area contributed by atoms with Gasteiger partial charge in [0.25, 0.3) is 0 Å². The second-order valence-corrected chi connectivity index (χ2v) is 9.34. The average Bonchev–Trinajstić information content (AvgIpc) is 3.46. The number of hydrogen-bond donors (Lipinski definition) is 1. The van der Waals surface area contributed by atoms with Crippen molar-refractivity contribution in [3.8, 4) is 20.5 Å². The van der Waals surface area contributed by atoms with Crippen LogP contribution in [0.3, 0.4) is 0 Å². The lowest BCUT2D eigenvalue weighted by Crippen LogP contribution is -2.32.